The molecule has 0 radical (unpaired) electrons. The number of nitrogens with zero attached hydrogens (tertiary/aromatic N) is 1. The van der Waals surface area contributed by atoms with Gasteiger partial charge in [0.05, 0.1) is 18.9 Å². The fourth-order valence-corrected chi connectivity index (χ4v) is 2.67. The van der Waals surface area contributed by atoms with Gasteiger partial charge in [0.15, 0.2) is 0 Å². The van der Waals surface area contributed by atoms with Gasteiger partial charge >= 0.3 is 5.97 Å². The van der Waals surface area contributed by atoms with Gasteiger partial charge in [-0.15, -0.1) is 0 Å². The molecule has 0 aliphatic rings. The standard InChI is InChI=1S/C17H18BrNO4/c18-15-3-1-2-14(10-15)11-19(8-6-17(21)22)16(20)5-4-13-7-9-23-12-13/h1-3,7,9-10,12H,4-6,8,11H2,(H,21,22). The van der Waals surface area contributed by atoms with Gasteiger partial charge in [-0.2, -0.15) is 0 Å². The Balaban J connectivity index is 2.00. The minimum atomic E-state index is -0.910. The van der Waals surface area contributed by atoms with Crippen LogP contribution in [0.5, 0.6) is 0 Å². The lowest BCUT2D eigenvalue weighted by atomic mass is 10.1. The summed E-state index contributed by atoms with van der Waals surface area (Å²) in [6, 6.07) is 9.47. The minimum Gasteiger partial charge on any atom is -0.481 e. The van der Waals surface area contributed by atoms with E-state index in [9.17, 15) is 9.59 Å². The van der Waals surface area contributed by atoms with Crippen LogP contribution in [0.25, 0.3) is 0 Å². The van der Waals surface area contributed by atoms with E-state index in [1.165, 1.54) is 0 Å². The second-order valence-electron chi connectivity index (χ2n) is 5.22. The van der Waals surface area contributed by atoms with Crippen molar-refractivity contribution in [3.05, 3.63) is 58.5 Å². The molecule has 6 heteroatoms. The van der Waals surface area contributed by atoms with Crippen LogP contribution in [0.1, 0.15) is 24.0 Å². The van der Waals surface area contributed by atoms with Crippen LogP contribution in [0.15, 0.2) is 51.7 Å². The number of hydrogen-bond acceptors (Lipinski definition) is 3. The monoisotopic (exact) mass is 379 g/mol. The second-order valence-corrected chi connectivity index (χ2v) is 6.14. The Morgan fingerprint density at radius 1 is 1.17 bits per heavy atom. The molecule has 1 aromatic heterocycles. The van der Waals surface area contributed by atoms with Crippen molar-refractivity contribution in [2.75, 3.05) is 6.54 Å². The van der Waals surface area contributed by atoms with E-state index in [4.69, 9.17) is 9.52 Å². The summed E-state index contributed by atoms with van der Waals surface area (Å²) in [5.41, 5.74) is 1.92. The van der Waals surface area contributed by atoms with Gasteiger partial charge in [-0.1, -0.05) is 28.1 Å². The van der Waals surface area contributed by atoms with Crippen LogP contribution >= 0.6 is 15.9 Å². The van der Waals surface area contributed by atoms with Gasteiger partial charge < -0.3 is 14.4 Å². The third-order valence-corrected chi connectivity index (χ3v) is 3.91. The molecule has 2 rings (SSSR count). The van der Waals surface area contributed by atoms with E-state index in [1.54, 1.807) is 17.4 Å². The number of rotatable bonds is 8. The van der Waals surface area contributed by atoms with E-state index in [0.29, 0.717) is 19.4 Å². The zero-order chi connectivity index (χ0) is 16.7. The molecule has 0 saturated heterocycles. The highest BCUT2D eigenvalue weighted by Crippen LogP contribution is 2.15. The molecule has 5 nitrogen and oxygen atoms in total. The average molecular weight is 380 g/mol. The topological polar surface area (TPSA) is 70.8 Å². The summed E-state index contributed by atoms with van der Waals surface area (Å²) in [6.07, 6.45) is 4.03. The zero-order valence-corrected chi connectivity index (χ0v) is 14.2. The SMILES string of the molecule is O=C(O)CCN(Cc1cccc(Br)c1)C(=O)CCc1ccoc1. The van der Waals surface area contributed by atoms with Crippen molar-refractivity contribution < 1.29 is 19.1 Å². The fraction of sp³-hybridized carbons (Fsp3) is 0.294. The molecular weight excluding hydrogens is 362 g/mol. The lowest BCUT2D eigenvalue weighted by molar-refractivity contribution is -0.138. The Morgan fingerprint density at radius 2 is 2.00 bits per heavy atom. The van der Waals surface area contributed by atoms with Crippen molar-refractivity contribution in [3.8, 4) is 0 Å². The van der Waals surface area contributed by atoms with Crippen LogP contribution < -0.4 is 0 Å². The molecule has 1 aromatic carbocycles. The van der Waals surface area contributed by atoms with E-state index < -0.39 is 5.97 Å². The number of carboxylic acid groups (broad SMARTS) is 1. The number of halogens is 1. The fourth-order valence-electron chi connectivity index (χ4n) is 2.22. The number of hydrogen-bond donors (Lipinski definition) is 1. The van der Waals surface area contributed by atoms with Crippen molar-refractivity contribution in [2.24, 2.45) is 0 Å². The number of amides is 1. The van der Waals surface area contributed by atoms with Crippen molar-refractivity contribution in [2.45, 2.75) is 25.8 Å². The summed E-state index contributed by atoms with van der Waals surface area (Å²) in [5, 5.41) is 8.88. The molecule has 0 spiro atoms. The van der Waals surface area contributed by atoms with Gasteiger partial charge in [0.2, 0.25) is 5.91 Å². The quantitative estimate of drug-likeness (QED) is 0.761. The smallest absolute Gasteiger partial charge is 0.305 e. The highest BCUT2D eigenvalue weighted by Gasteiger charge is 2.15. The third-order valence-electron chi connectivity index (χ3n) is 3.42. The van der Waals surface area contributed by atoms with Crippen LogP contribution in [0.3, 0.4) is 0 Å². The van der Waals surface area contributed by atoms with E-state index in [-0.39, 0.29) is 18.9 Å². The number of aliphatic carboxylic acids is 1. The van der Waals surface area contributed by atoms with Crippen LogP contribution in [-0.2, 0) is 22.6 Å². The molecular formula is C17H18BrNO4. The normalized spacial score (nSPS) is 10.5. The number of carbonyl (C=O) groups is 2. The highest BCUT2D eigenvalue weighted by atomic mass is 79.9. The lowest BCUT2D eigenvalue weighted by Crippen LogP contribution is -2.32. The maximum atomic E-state index is 12.4. The summed E-state index contributed by atoms with van der Waals surface area (Å²) < 4.78 is 5.92. The number of carbonyl (C=O) groups excluding carboxylic acids is 1. The Bertz CT molecular complexity index is 654. The van der Waals surface area contributed by atoms with Crippen molar-refractivity contribution >= 4 is 27.8 Å². The first-order chi connectivity index (χ1) is 11.0. The van der Waals surface area contributed by atoms with E-state index in [1.807, 2.05) is 30.3 Å². The molecule has 0 atom stereocenters. The molecule has 0 fully saturated rings. The van der Waals surface area contributed by atoms with E-state index >= 15 is 0 Å². The first-order valence-corrected chi connectivity index (χ1v) is 8.09. The maximum Gasteiger partial charge on any atom is 0.305 e. The molecule has 2 aromatic rings. The summed E-state index contributed by atoms with van der Waals surface area (Å²) >= 11 is 3.40. The number of aryl methyl sites for hydroxylation is 1. The Labute approximate surface area is 143 Å². The van der Waals surface area contributed by atoms with Gasteiger partial charge in [0.1, 0.15) is 0 Å². The first kappa shape index (κ1) is 17.3. The van der Waals surface area contributed by atoms with Gasteiger partial charge in [-0.3, -0.25) is 9.59 Å². The summed E-state index contributed by atoms with van der Waals surface area (Å²) in [7, 11) is 0. The van der Waals surface area contributed by atoms with Crippen LogP contribution in [-0.4, -0.2) is 28.4 Å². The highest BCUT2D eigenvalue weighted by molar-refractivity contribution is 9.10. The predicted octanol–water partition coefficient (Wildman–Crippen LogP) is 3.48. The Kier molecular flexibility index (Phi) is 6.40. The molecule has 0 aliphatic heterocycles. The molecule has 1 heterocycles. The van der Waals surface area contributed by atoms with E-state index in [0.717, 1.165) is 15.6 Å². The second kappa shape index (κ2) is 8.53. The molecule has 0 bridgehead atoms. The van der Waals surface area contributed by atoms with Crippen molar-refractivity contribution in [3.63, 3.8) is 0 Å². The number of benzene rings is 1. The van der Waals surface area contributed by atoms with Gasteiger partial charge in [-0.25, -0.2) is 0 Å². The zero-order valence-electron chi connectivity index (χ0n) is 12.6. The first-order valence-electron chi connectivity index (χ1n) is 7.29. The summed E-state index contributed by atoms with van der Waals surface area (Å²) in [4.78, 5) is 24.8. The molecule has 0 unspecified atom stereocenters. The summed E-state index contributed by atoms with van der Waals surface area (Å²) in [6.45, 7) is 0.600. The van der Waals surface area contributed by atoms with Crippen molar-refractivity contribution in [1.82, 2.24) is 4.90 Å². The Hall–Kier alpha value is -2.08. The molecule has 0 saturated carbocycles. The molecule has 1 N–H and O–H groups in total. The largest absolute Gasteiger partial charge is 0.481 e. The van der Waals surface area contributed by atoms with Gasteiger partial charge in [0.25, 0.3) is 0 Å². The van der Waals surface area contributed by atoms with Crippen LogP contribution in [0, 0.1) is 0 Å². The maximum absolute atomic E-state index is 12.4. The molecule has 0 aliphatic carbocycles. The molecule has 1 amide bonds. The number of furan rings is 1. The number of carboxylic acids is 1. The van der Waals surface area contributed by atoms with Crippen molar-refractivity contribution in [1.29, 1.82) is 0 Å². The molecule has 23 heavy (non-hydrogen) atoms. The van der Waals surface area contributed by atoms with Crippen LogP contribution in [0.4, 0.5) is 0 Å². The van der Waals surface area contributed by atoms with Gasteiger partial charge in [0, 0.05) is 24.0 Å². The third kappa shape index (κ3) is 5.90. The molecule has 122 valence electrons. The van der Waals surface area contributed by atoms with Gasteiger partial charge in [-0.05, 0) is 35.7 Å². The van der Waals surface area contributed by atoms with Crippen LogP contribution in [0.2, 0.25) is 0 Å². The Morgan fingerprint density at radius 3 is 2.65 bits per heavy atom. The van der Waals surface area contributed by atoms with E-state index in [2.05, 4.69) is 15.9 Å². The predicted molar refractivity (Wildman–Crippen MR) is 88.8 cm³/mol. The lowest BCUT2D eigenvalue weighted by Gasteiger charge is -2.22. The average Bonchev–Trinajstić information content (AvgIpc) is 3.02. The summed E-state index contributed by atoms with van der Waals surface area (Å²) in [5.74, 6) is -0.973. The minimum absolute atomic E-state index is 0.0626.